The molecule has 2 aliphatic carbocycles. The highest BCUT2D eigenvalue weighted by Gasteiger charge is 2.29. The van der Waals surface area contributed by atoms with Gasteiger partial charge in [-0.25, -0.2) is 0 Å². The van der Waals surface area contributed by atoms with Crippen molar-refractivity contribution >= 4 is 0 Å². The lowest BCUT2D eigenvalue weighted by Gasteiger charge is -2.37. The summed E-state index contributed by atoms with van der Waals surface area (Å²) < 4.78 is 0. The van der Waals surface area contributed by atoms with E-state index in [1.807, 2.05) is 12.4 Å². The maximum Gasteiger partial charge on any atom is 0.0607 e. The average Bonchev–Trinajstić information content (AvgIpc) is 2.73. The minimum Gasteiger partial charge on any atom is -0.327 e. The van der Waals surface area contributed by atoms with Crippen LogP contribution in [0, 0.1) is 5.92 Å². The zero-order valence-electron chi connectivity index (χ0n) is 16.1. The van der Waals surface area contributed by atoms with Crippen LogP contribution in [0.2, 0.25) is 0 Å². The third kappa shape index (κ3) is 4.28. The molecule has 4 heteroatoms. The highest BCUT2D eigenvalue weighted by atomic mass is 15.2. The minimum absolute atomic E-state index is 0.419. The topological polar surface area (TPSA) is 55.0 Å². The zero-order valence-corrected chi connectivity index (χ0v) is 16.1. The SMILES string of the molecule is NC/C=C/CN(CC1CCc2cccnc2C1)[C@H]1CCCc2cccnc21. The van der Waals surface area contributed by atoms with Crippen molar-refractivity contribution in [3.63, 3.8) is 0 Å². The molecule has 4 rings (SSSR count). The molecular weight excluding hydrogens is 332 g/mol. The second kappa shape index (κ2) is 8.77. The van der Waals surface area contributed by atoms with Crippen molar-refractivity contribution < 1.29 is 0 Å². The van der Waals surface area contributed by atoms with Gasteiger partial charge in [-0.2, -0.15) is 0 Å². The van der Waals surface area contributed by atoms with Crippen LogP contribution in [0.4, 0.5) is 0 Å². The van der Waals surface area contributed by atoms with Gasteiger partial charge < -0.3 is 5.73 Å². The first-order valence-electron chi connectivity index (χ1n) is 10.3. The van der Waals surface area contributed by atoms with Crippen LogP contribution in [0.15, 0.2) is 48.8 Å². The minimum atomic E-state index is 0.419. The Morgan fingerprint density at radius 2 is 1.89 bits per heavy atom. The fourth-order valence-electron chi connectivity index (χ4n) is 4.68. The summed E-state index contributed by atoms with van der Waals surface area (Å²) in [4.78, 5) is 12.1. The van der Waals surface area contributed by atoms with Gasteiger partial charge in [0, 0.05) is 37.7 Å². The second-order valence-electron chi connectivity index (χ2n) is 7.83. The zero-order chi connectivity index (χ0) is 18.5. The number of nitrogens with two attached hydrogens (primary N) is 1. The molecule has 0 radical (unpaired) electrons. The quantitative estimate of drug-likeness (QED) is 0.800. The molecule has 2 N–H and O–H groups in total. The molecule has 0 amide bonds. The van der Waals surface area contributed by atoms with Crippen LogP contribution >= 0.6 is 0 Å². The van der Waals surface area contributed by atoms with Crippen molar-refractivity contribution in [2.75, 3.05) is 19.6 Å². The lowest BCUT2D eigenvalue weighted by Crippen LogP contribution is -2.37. The molecular formula is C23H30N4. The van der Waals surface area contributed by atoms with E-state index in [4.69, 9.17) is 10.7 Å². The molecule has 2 aliphatic rings. The van der Waals surface area contributed by atoms with Gasteiger partial charge in [0.2, 0.25) is 0 Å². The molecule has 1 unspecified atom stereocenters. The number of aromatic nitrogens is 2. The summed E-state index contributed by atoms with van der Waals surface area (Å²) in [6.45, 7) is 2.66. The Morgan fingerprint density at radius 3 is 2.78 bits per heavy atom. The summed E-state index contributed by atoms with van der Waals surface area (Å²) >= 11 is 0. The number of fused-ring (bicyclic) bond motifs is 2. The lowest BCUT2D eigenvalue weighted by molar-refractivity contribution is 0.157. The van der Waals surface area contributed by atoms with Crippen LogP contribution < -0.4 is 5.73 Å². The van der Waals surface area contributed by atoms with Crippen LogP contribution in [-0.2, 0) is 19.3 Å². The maximum absolute atomic E-state index is 5.68. The maximum atomic E-state index is 5.68. The first-order valence-corrected chi connectivity index (χ1v) is 10.3. The number of rotatable bonds is 6. The van der Waals surface area contributed by atoms with Gasteiger partial charge in [0.1, 0.15) is 0 Å². The molecule has 0 aliphatic heterocycles. The van der Waals surface area contributed by atoms with Crippen molar-refractivity contribution in [2.24, 2.45) is 11.7 Å². The van der Waals surface area contributed by atoms with Crippen LogP contribution in [0.1, 0.15) is 47.8 Å². The fourth-order valence-corrected chi connectivity index (χ4v) is 4.68. The molecule has 2 atom stereocenters. The molecule has 0 aromatic carbocycles. The third-order valence-corrected chi connectivity index (χ3v) is 6.03. The lowest BCUT2D eigenvalue weighted by atomic mass is 9.85. The highest BCUT2D eigenvalue weighted by molar-refractivity contribution is 5.26. The Labute approximate surface area is 162 Å². The largest absolute Gasteiger partial charge is 0.327 e. The molecule has 27 heavy (non-hydrogen) atoms. The van der Waals surface area contributed by atoms with Gasteiger partial charge in [0.05, 0.1) is 11.7 Å². The van der Waals surface area contributed by atoms with Gasteiger partial charge in [-0.15, -0.1) is 0 Å². The molecule has 2 heterocycles. The first kappa shape index (κ1) is 18.3. The standard InChI is InChI=1S/C23H30N4/c24-12-1-2-15-27(22-9-3-6-20-8-5-14-26-23(20)22)17-18-10-11-19-7-4-13-25-21(19)16-18/h1-2,4-5,7-8,13-14,18,22H,3,6,9-12,15-17,24H2/b2-1+/t18?,22-/m0/s1. The first-order chi connectivity index (χ1) is 13.3. The number of nitrogens with zero attached hydrogens (tertiary/aromatic N) is 3. The van der Waals surface area contributed by atoms with Gasteiger partial charge in [-0.3, -0.25) is 14.9 Å². The Bertz CT molecular complexity index is 785. The monoisotopic (exact) mass is 362 g/mol. The molecule has 0 bridgehead atoms. The van der Waals surface area contributed by atoms with E-state index in [2.05, 4.69) is 46.3 Å². The Hall–Kier alpha value is -2.04. The molecule has 4 nitrogen and oxygen atoms in total. The molecule has 0 saturated carbocycles. The third-order valence-electron chi connectivity index (χ3n) is 6.03. The molecule has 0 fully saturated rings. The number of pyridine rings is 2. The Kier molecular flexibility index (Phi) is 5.95. The van der Waals surface area contributed by atoms with E-state index in [9.17, 15) is 0 Å². The van der Waals surface area contributed by atoms with E-state index in [1.165, 1.54) is 41.8 Å². The number of hydrogen-bond acceptors (Lipinski definition) is 4. The fraction of sp³-hybridized carbons (Fsp3) is 0.478. The van der Waals surface area contributed by atoms with Crippen molar-refractivity contribution in [2.45, 2.75) is 44.6 Å². The normalized spacial score (nSPS) is 22.0. The van der Waals surface area contributed by atoms with Crippen LogP contribution in [0.25, 0.3) is 0 Å². The number of aryl methyl sites for hydroxylation is 2. The van der Waals surface area contributed by atoms with E-state index >= 15 is 0 Å². The molecule has 2 aromatic rings. The van der Waals surface area contributed by atoms with Crippen LogP contribution in [-0.4, -0.2) is 34.5 Å². The Balaban J connectivity index is 1.53. The summed E-state index contributed by atoms with van der Waals surface area (Å²) in [5.41, 5.74) is 11.1. The predicted molar refractivity (Wildman–Crippen MR) is 109 cm³/mol. The highest BCUT2D eigenvalue weighted by Crippen LogP contribution is 2.34. The molecule has 0 saturated heterocycles. The summed E-state index contributed by atoms with van der Waals surface area (Å²) in [5, 5.41) is 0. The van der Waals surface area contributed by atoms with E-state index < -0.39 is 0 Å². The van der Waals surface area contributed by atoms with Gasteiger partial charge >= 0.3 is 0 Å². The van der Waals surface area contributed by atoms with Crippen molar-refractivity contribution in [1.82, 2.24) is 14.9 Å². The summed E-state index contributed by atoms with van der Waals surface area (Å²) in [6.07, 6.45) is 15.3. The summed E-state index contributed by atoms with van der Waals surface area (Å²) in [6, 6.07) is 9.05. The van der Waals surface area contributed by atoms with E-state index in [0.717, 1.165) is 32.4 Å². The van der Waals surface area contributed by atoms with E-state index in [1.54, 1.807) is 0 Å². The van der Waals surface area contributed by atoms with Gasteiger partial charge in [0.15, 0.2) is 0 Å². The van der Waals surface area contributed by atoms with Crippen LogP contribution in [0.3, 0.4) is 0 Å². The van der Waals surface area contributed by atoms with Gasteiger partial charge in [0.25, 0.3) is 0 Å². The smallest absolute Gasteiger partial charge is 0.0607 e. The number of hydrogen-bond donors (Lipinski definition) is 1. The van der Waals surface area contributed by atoms with Gasteiger partial charge in [-0.1, -0.05) is 24.3 Å². The molecule has 142 valence electrons. The second-order valence-corrected chi connectivity index (χ2v) is 7.83. The van der Waals surface area contributed by atoms with Crippen molar-refractivity contribution in [3.05, 3.63) is 71.3 Å². The van der Waals surface area contributed by atoms with E-state index in [-0.39, 0.29) is 0 Å². The summed E-state index contributed by atoms with van der Waals surface area (Å²) in [5.74, 6) is 0.660. The van der Waals surface area contributed by atoms with Crippen LogP contribution in [0.5, 0.6) is 0 Å². The Morgan fingerprint density at radius 1 is 1.04 bits per heavy atom. The molecule has 0 spiro atoms. The van der Waals surface area contributed by atoms with E-state index in [0.29, 0.717) is 18.5 Å². The predicted octanol–water partition coefficient (Wildman–Crippen LogP) is 3.48. The van der Waals surface area contributed by atoms with Crippen molar-refractivity contribution in [1.29, 1.82) is 0 Å². The summed E-state index contributed by atoms with van der Waals surface area (Å²) in [7, 11) is 0. The molecule has 2 aromatic heterocycles. The average molecular weight is 363 g/mol. The van der Waals surface area contributed by atoms with Gasteiger partial charge in [-0.05, 0) is 67.7 Å². The van der Waals surface area contributed by atoms with Crippen molar-refractivity contribution in [3.8, 4) is 0 Å².